The van der Waals surface area contributed by atoms with Gasteiger partial charge in [-0.2, -0.15) is 0 Å². The Morgan fingerprint density at radius 1 is 1.50 bits per heavy atom. The van der Waals surface area contributed by atoms with E-state index in [0.29, 0.717) is 13.0 Å². The molecular weight excluding hydrogens is 230 g/mol. The molecule has 1 unspecified atom stereocenters. The van der Waals surface area contributed by atoms with Crippen LogP contribution < -0.4 is 10.1 Å². The van der Waals surface area contributed by atoms with Crippen LogP contribution in [0.25, 0.3) is 0 Å². The van der Waals surface area contributed by atoms with Crippen molar-refractivity contribution in [3.8, 4) is 5.75 Å². The van der Waals surface area contributed by atoms with Crippen LogP contribution in [0.3, 0.4) is 0 Å². The van der Waals surface area contributed by atoms with Gasteiger partial charge in [0.15, 0.2) is 0 Å². The summed E-state index contributed by atoms with van der Waals surface area (Å²) in [6, 6.07) is 5.46. The van der Waals surface area contributed by atoms with E-state index >= 15 is 0 Å². The van der Waals surface area contributed by atoms with Crippen LogP contribution in [0.1, 0.15) is 30.9 Å². The van der Waals surface area contributed by atoms with E-state index in [2.05, 4.69) is 12.2 Å². The van der Waals surface area contributed by atoms with Crippen LogP contribution in [-0.4, -0.2) is 23.7 Å². The van der Waals surface area contributed by atoms with Crippen LogP contribution in [-0.2, 0) is 17.8 Å². The van der Waals surface area contributed by atoms with E-state index < -0.39 is 12.0 Å². The average molecular weight is 249 g/mol. The Kier molecular flexibility index (Phi) is 4.20. The van der Waals surface area contributed by atoms with Gasteiger partial charge in [-0.05, 0) is 36.1 Å². The number of carboxylic acids is 1. The first-order chi connectivity index (χ1) is 8.70. The standard InChI is InChI=1S/C14H19NO3/c1-2-3-6-18-12-5-4-10-9-15-13(14(16)17)8-11(10)7-12/h4-5,7,13,15H,2-3,6,8-9H2,1H3,(H,16,17). The SMILES string of the molecule is CCCCOc1ccc2c(c1)CC(C(=O)O)NC2. The Hall–Kier alpha value is -1.55. The van der Waals surface area contributed by atoms with Crippen LogP contribution in [0.5, 0.6) is 5.75 Å². The van der Waals surface area contributed by atoms with E-state index in [9.17, 15) is 4.79 Å². The molecule has 1 atom stereocenters. The molecule has 0 saturated carbocycles. The summed E-state index contributed by atoms with van der Waals surface area (Å²) in [5.74, 6) is 0.0474. The number of nitrogens with one attached hydrogen (secondary N) is 1. The molecule has 1 aliphatic heterocycles. The summed E-state index contributed by atoms with van der Waals surface area (Å²) < 4.78 is 5.64. The zero-order valence-electron chi connectivity index (χ0n) is 10.6. The number of carbonyl (C=O) groups is 1. The molecular formula is C14H19NO3. The van der Waals surface area contributed by atoms with Gasteiger partial charge in [-0.15, -0.1) is 0 Å². The summed E-state index contributed by atoms with van der Waals surface area (Å²) in [4.78, 5) is 11.0. The molecule has 0 radical (unpaired) electrons. The van der Waals surface area contributed by atoms with Crippen LogP contribution in [0.4, 0.5) is 0 Å². The third kappa shape index (κ3) is 3.01. The number of fused-ring (bicyclic) bond motifs is 1. The second-order valence-corrected chi connectivity index (χ2v) is 4.61. The van der Waals surface area contributed by atoms with Crippen molar-refractivity contribution in [2.45, 2.75) is 38.8 Å². The number of carboxylic acid groups (broad SMARTS) is 1. The fraction of sp³-hybridized carbons (Fsp3) is 0.500. The third-order valence-electron chi connectivity index (χ3n) is 3.21. The number of hydrogen-bond donors (Lipinski definition) is 2. The number of aliphatic carboxylic acids is 1. The molecule has 4 nitrogen and oxygen atoms in total. The second kappa shape index (κ2) is 5.87. The van der Waals surface area contributed by atoms with Crippen molar-refractivity contribution < 1.29 is 14.6 Å². The molecule has 0 bridgehead atoms. The average Bonchev–Trinajstić information content (AvgIpc) is 2.38. The molecule has 1 aromatic carbocycles. The van der Waals surface area contributed by atoms with E-state index in [1.807, 2.05) is 18.2 Å². The van der Waals surface area contributed by atoms with Crippen LogP contribution >= 0.6 is 0 Å². The number of ether oxygens (including phenoxy) is 1. The van der Waals surface area contributed by atoms with Crippen molar-refractivity contribution >= 4 is 5.97 Å². The second-order valence-electron chi connectivity index (χ2n) is 4.61. The minimum absolute atomic E-state index is 0.483. The third-order valence-corrected chi connectivity index (χ3v) is 3.21. The summed E-state index contributed by atoms with van der Waals surface area (Å²) in [7, 11) is 0. The van der Waals surface area contributed by atoms with Crippen molar-refractivity contribution in [2.24, 2.45) is 0 Å². The van der Waals surface area contributed by atoms with Gasteiger partial charge in [-0.3, -0.25) is 4.79 Å². The molecule has 4 heteroatoms. The lowest BCUT2D eigenvalue weighted by Gasteiger charge is -2.23. The first kappa shape index (κ1) is 12.9. The Bertz CT molecular complexity index is 431. The first-order valence-corrected chi connectivity index (χ1v) is 6.41. The van der Waals surface area contributed by atoms with Gasteiger partial charge < -0.3 is 15.2 Å². The van der Waals surface area contributed by atoms with Gasteiger partial charge in [0.25, 0.3) is 0 Å². The van der Waals surface area contributed by atoms with Gasteiger partial charge in [-0.1, -0.05) is 19.4 Å². The summed E-state index contributed by atoms with van der Waals surface area (Å²) in [5, 5.41) is 12.0. The van der Waals surface area contributed by atoms with E-state index in [0.717, 1.165) is 36.3 Å². The van der Waals surface area contributed by atoms with Gasteiger partial charge in [0.2, 0.25) is 0 Å². The Balaban J connectivity index is 2.06. The van der Waals surface area contributed by atoms with Gasteiger partial charge >= 0.3 is 5.97 Å². The highest BCUT2D eigenvalue weighted by Crippen LogP contribution is 2.22. The zero-order chi connectivity index (χ0) is 13.0. The van der Waals surface area contributed by atoms with E-state index in [1.165, 1.54) is 0 Å². The molecule has 98 valence electrons. The normalized spacial score (nSPS) is 18.2. The van der Waals surface area contributed by atoms with Crippen molar-refractivity contribution in [1.82, 2.24) is 5.32 Å². The maximum atomic E-state index is 11.0. The van der Waals surface area contributed by atoms with Gasteiger partial charge in [0.1, 0.15) is 11.8 Å². The predicted molar refractivity (Wildman–Crippen MR) is 68.8 cm³/mol. The molecule has 1 aliphatic rings. The lowest BCUT2D eigenvalue weighted by Crippen LogP contribution is -2.41. The lowest BCUT2D eigenvalue weighted by atomic mass is 9.95. The molecule has 0 spiro atoms. The highest BCUT2D eigenvalue weighted by molar-refractivity contribution is 5.74. The molecule has 1 heterocycles. The summed E-state index contributed by atoms with van der Waals surface area (Å²) in [6.45, 7) is 3.46. The lowest BCUT2D eigenvalue weighted by molar-refractivity contribution is -0.139. The zero-order valence-corrected chi connectivity index (χ0v) is 10.6. The number of unbranched alkanes of at least 4 members (excludes halogenated alkanes) is 1. The smallest absolute Gasteiger partial charge is 0.321 e. The molecule has 2 N–H and O–H groups in total. The fourth-order valence-corrected chi connectivity index (χ4v) is 2.09. The molecule has 0 aromatic heterocycles. The van der Waals surface area contributed by atoms with Crippen molar-refractivity contribution in [3.05, 3.63) is 29.3 Å². The van der Waals surface area contributed by atoms with E-state index in [1.54, 1.807) is 0 Å². The molecule has 0 saturated heterocycles. The largest absolute Gasteiger partial charge is 0.494 e. The number of hydrogen-bond acceptors (Lipinski definition) is 3. The summed E-state index contributed by atoms with van der Waals surface area (Å²) in [6.07, 6.45) is 2.67. The topological polar surface area (TPSA) is 58.6 Å². The van der Waals surface area contributed by atoms with Crippen molar-refractivity contribution in [2.75, 3.05) is 6.61 Å². The molecule has 0 aliphatic carbocycles. The Morgan fingerprint density at radius 3 is 3.06 bits per heavy atom. The number of rotatable bonds is 5. The molecule has 2 rings (SSSR count). The van der Waals surface area contributed by atoms with Gasteiger partial charge in [0.05, 0.1) is 6.61 Å². The summed E-state index contributed by atoms with van der Waals surface area (Å²) >= 11 is 0. The van der Waals surface area contributed by atoms with E-state index in [4.69, 9.17) is 9.84 Å². The van der Waals surface area contributed by atoms with Gasteiger partial charge in [0, 0.05) is 6.54 Å². The van der Waals surface area contributed by atoms with Crippen LogP contribution in [0, 0.1) is 0 Å². The molecule has 0 fully saturated rings. The quantitative estimate of drug-likeness (QED) is 0.783. The fourth-order valence-electron chi connectivity index (χ4n) is 2.09. The minimum atomic E-state index is -0.794. The van der Waals surface area contributed by atoms with Crippen LogP contribution in [0.2, 0.25) is 0 Å². The highest BCUT2D eigenvalue weighted by atomic mass is 16.5. The predicted octanol–water partition coefficient (Wildman–Crippen LogP) is 1.96. The monoisotopic (exact) mass is 249 g/mol. The van der Waals surface area contributed by atoms with E-state index in [-0.39, 0.29) is 0 Å². The maximum absolute atomic E-state index is 11.0. The Morgan fingerprint density at radius 2 is 2.33 bits per heavy atom. The van der Waals surface area contributed by atoms with Crippen LogP contribution in [0.15, 0.2) is 18.2 Å². The number of benzene rings is 1. The minimum Gasteiger partial charge on any atom is -0.494 e. The first-order valence-electron chi connectivity index (χ1n) is 6.41. The molecule has 18 heavy (non-hydrogen) atoms. The molecule has 1 aromatic rings. The van der Waals surface area contributed by atoms with Crippen molar-refractivity contribution in [1.29, 1.82) is 0 Å². The summed E-state index contributed by atoms with van der Waals surface area (Å²) in [5.41, 5.74) is 2.24. The maximum Gasteiger partial charge on any atom is 0.321 e. The van der Waals surface area contributed by atoms with Gasteiger partial charge in [-0.25, -0.2) is 0 Å². The van der Waals surface area contributed by atoms with Crippen molar-refractivity contribution in [3.63, 3.8) is 0 Å². The molecule has 0 amide bonds. The highest BCUT2D eigenvalue weighted by Gasteiger charge is 2.23. The Labute approximate surface area is 107 Å².